The highest BCUT2D eigenvalue weighted by molar-refractivity contribution is 6.45. The Kier molecular flexibility index (Phi) is 3.92. The molecule has 0 aromatic heterocycles. The van der Waals surface area contributed by atoms with Gasteiger partial charge >= 0.3 is 0 Å². The minimum absolute atomic E-state index is 0.0451. The number of rotatable bonds is 2. The minimum atomic E-state index is -0.570. The maximum Gasteiger partial charge on any atom is 0.152 e. The number of halogens is 2. The van der Waals surface area contributed by atoms with E-state index < -0.39 is 4.84 Å². The fraction of sp³-hybridized carbons (Fsp3) is 0.400. The predicted octanol–water partition coefficient (Wildman–Crippen LogP) is 1.94. The molecule has 0 aliphatic carbocycles. The standard InChI is InChI=1S/C5H6Cl2O/c1-4(8)2-3-5(6)7/h2-3,5H,1H3. The Labute approximate surface area is 58.3 Å². The van der Waals surface area contributed by atoms with Gasteiger partial charge in [-0.15, -0.1) is 23.2 Å². The highest BCUT2D eigenvalue weighted by atomic mass is 35.5. The zero-order chi connectivity index (χ0) is 6.57. The molecule has 0 N–H and O–H groups in total. The van der Waals surface area contributed by atoms with Gasteiger partial charge < -0.3 is 0 Å². The Balaban J connectivity index is 3.50. The topological polar surface area (TPSA) is 17.1 Å². The molecule has 0 aliphatic rings. The molecule has 0 aliphatic heterocycles. The predicted molar refractivity (Wildman–Crippen MR) is 35.3 cm³/mol. The third kappa shape index (κ3) is 5.99. The molecular formula is C5H6Cl2O. The maximum atomic E-state index is 10.1. The molecule has 0 heterocycles. The van der Waals surface area contributed by atoms with Crippen LogP contribution in [0.1, 0.15) is 6.92 Å². The van der Waals surface area contributed by atoms with E-state index in [0.717, 1.165) is 0 Å². The SMILES string of the molecule is CC(=O)C=CC(Cl)Cl. The first-order chi connectivity index (χ1) is 3.63. The van der Waals surface area contributed by atoms with E-state index >= 15 is 0 Å². The third-order valence-corrected chi connectivity index (χ3v) is 0.767. The summed E-state index contributed by atoms with van der Waals surface area (Å²) in [6, 6.07) is 0. The molecule has 8 heavy (non-hydrogen) atoms. The molecule has 0 radical (unpaired) electrons. The van der Waals surface area contributed by atoms with Crippen LogP contribution in [0.5, 0.6) is 0 Å². The first-order valence-corrected chi connectivity index (χ1v) is 2.97. The van der Waals surface area contributed by atoms with Gasteiger partial charge in [0, 0.05) is 0 Å². The first-order valence-electron chi connectivity index (χ1n) is 2.10. The summed E-state index contributed by atoms with van der Waals surface area (Å²) in [5.74, 6) is -0.0451. The van der Waals surface area contributed by atoms with E-state index in [1.54, 1.807) is 0 Å². The average Bonchev–Trinajstić information content (AvgIpc) is 1.61. The molecule has 0 atom stereocenters. The van der Waals surface area contributed by atoms with E-state index in [-0.39, 0.29) is 5.78 Å². The second-order valence-electron chi connectivity index (χ2n) is 1.30. The first kappa shape index (κ1) is 7.99. The maximum absolute atomic E-state index is 10.1. The van der Waals surface area contributed by atoms with E-state index in [2.05, 4.69) is 0 Å². The number of allylic oxidation sites excluding steroid dienone is 2. The van der Waals surface area contributed by atoms with Crippen LogP contribution in [0.4, 0.5) is 0 Å². The van der Waals surface area contributed by atoms with Crippen LogP contribution in [0, 0.1) is 0 Å². The van der Waals surface area contributed by atoms with E-state index in [0.29, 0.717) is 0 Å². The molecule has 0 amide bonds. The number of hydrogen-bond acceptors (Lipinski definition) is 1. The fourth-order valence-electron chi connectivity index (χ4n) is 0.208. The van der Waals surface area contributed by atoms with Crippen LogP contribution >= 0.6 is 23.2 Å². The molecular weight excluding hydrogens is 147 g/mol. The molecule has 0 fully saturated rings. The normalized spacial score (nSPS) is 11.0. The molecule has 1 nitrogen and oxygen atoms in total. The summed E-state index contributed by atoms with van der Waals surface area (Å²) >= 11 is 10.5. The van der Waals surface area contributed by atoms with E-state index in [9.17, 15) is 4.79 Å². The quantitative estimate of drug-likeness (QED) is 0.437. The summed E-state index contributed by atoms with van der Waals surface area (Å²) < 4.78 is 0. The van der Waals surface area contributed by atoms with Crippen LogP contribution in [-0.2, 0) is 4.79 Å². The molecule has 0 aromatic carbocycles. The third-order valence-electron chi connectivity index (χ3n) is 0.476. The van der Waals surface area contributed by atoms with E-state index in [1.807, 2.05) is 0 Å². The summed E-state index contributed by atoms with van der Waals surface area (Å²) in [5, 5.41) is 0. The van der Waals surface area contributed by atoms with Crippen molar-refractivity contribution in [2.24, 2.45) is 0 Å². The molecule has 0 bridgehead atoms. The molecule has 3 heteroatoms. The van der Waals surface area contributed by atoms with E-state index in [4.69, 9.17) is 23.2 Å². The second kappa shape index (κ2) is 3.93. The zero-order valence-electron chi connectivity index (χ0n) is 4.40. The van der Waals surface area contributed by atoms with Gasteiger partial charge in [0.15, 0.2) is 5.78 Å². The molecule has 0 spiro atoms. The van der Waals surface area contributed by atoms with Crippen LogP contribution in [0.2, 0.25) is 0 Å². The summed E-state index contributed by atoms with van der Waals surface area (Å²) in [6.45, 7) is 1.44. The van der Waals surface area contributed by atoms with Crippen molar-refractivity contribution >= 4 is 29.0 Å². The number of ketones is 1. The van der Waals surface area contributed by atoms with Crippen molar-refractivity contribution in [3.05, 3.63) is 12.2 Å². The smallest absolute Gasteiger partial charge is 0.152 e. The molecule has 0 rings (SSSR count). The van der Waals surface area contributed by atoms with Crippen molar-refractivity contribution in [2.45, 2.75) is 11.8 Å². The fourth-order valence-corrected chi connectivity index (χ4v) is 0.354. The van der Waals surface area contributed by atoms with Crippen LogP contribution in [0.3, 0.4) is 0 Å². The summed E-state index contributed by atoms with van der Waals surface area (Å²) in [4.78, 5) is 9.57. The second-order valence-corrected chi connectivity index (χ2v) is 2.47. The lowest BCUT2D eigenvalue weighted by molar-refractivity contribution is -0.112. The van der Waals surface area contributed by atoms with Crippen molar-refractivity contribution in [3.63, 3.8) is 0 Å². The highest BCUT2D eigenvalue weighted by Crippen LogP contribution is 2.01. The van der Waals surface area contributed by atoms with E-state index in [1.165, 1.54) is 19.1 Å². The van der Waals surface area contributed by atoms with Gasteiger partial charge in [-0.1, -0.05) is 0 Å². The van der Waals surface area contributed by atoms with Crippen molar-refractivity contribution in [1.29, 1.82) is 0 Å². The van der Waals surface area contributed by atoms with Crippen LogP contribution in [0.15, 0.2) is 12.2 Å². The van der Waals surface area contributed by atoms with Crippen molar-refractivity contribution in [3.8, 4) is 0 Å². The van der Waals surface area contributed by atoms with Crippen molar-refractivity contribution in [2.75, 3.05) is 0 Å². The van der Waals surface area contributed by atoms with Gasteiger partial charge in [0.1, 0.15) is 4.84 Å². The molecule has 0 unspecified atom stereocenters. The lowest BCUT2D eigenvalue weighted by Crippen LogP contribution is -1.83. The van der Waals surface area contributed by atoms with Gasteiger partial charge in [0.2, 0.25) is 0 Å². The van der Waals surface area contributed by atoms with Crippen LogP contribution < -0.4 is 0 Å². The number of carbonyl (C=O) groups excluding carboxylic acids is 1. The number of hydrogen-bond donors (Lipinski definition) is 0. The van der Waals surface area contributed by atoms with Crippen molar-refractivity contribution < 1.29 is 4.79 Å². The largest absolute Gasteiger partial charge is 0.295 e. The minimum Gasteiger partial charge on any atom is -0.295 e. The number of carbonyl (C=O) groups is 1. The monoisotopic (exact) mass is 152 g/mol. The Hall–Kier alpha value is -0.0100. The summed E-state index contributed by atoms with van der Waals surface area (Å²) in [5.41, 5.74) is 0. The molecule has 46 valence electrons. The van der Waals surface area contributed by atoms with Gasteiger partial charge in [0.05, 0.1) is 0 Å². The lowest BCUT2D eigenvalue weighted by Gasteiger charge is -1.83. The van der Waals surface area contributed by atoms with Gasteiger partial charge in [-0.2, -0.15) is 0 Å². The molecule has 0 saturated heterocycles. The van der Waals surface area contributed by atoms with Gasteiger partial charge in [-0.3, -0.25) is 4.79 Å². The Morgan fingerprint density at radius 2 is 2.12 bits per heavy atom. The zero-order valence-corrected chi connectivity index (χ0v) is 5.91. The van der Waals surface area contributed by atoms with Gasteiger partial charge in [-0.05, 0) is 19.1 Å². The number of alkyl halides is 2. The highest BCUT2D eigenvalue weighted by Gasteiger charge is 1.88. The molecule has 0 aromatic rings. The Morgan fingerprint density at radius 3 is 2.25 bits per heavy atom. The van der Waals surface area contributed by atoms with Gasteiger partial charge in [-0.25, -0.2) is 0 Å². The molecule has 0 saturated carbocycles. The van der Waals surface area contributed by atoms with Crippen LogP contribution in [-0.4, -0.2) is 10.6 Å². The summed E-state index contributed by atoms with van der Waals surface area (Å²) in [6.07, 6.45) is 2.76. The van der Waals surface area contributed by atoms with Gasteiger partial charge in [0.25, 0.3) is 0 Å². The lowest BCUT2D eigenvalue weighted by atomic mass is 10.4. The summed E-state index contributed by atoms with van der Waals surface area (Å²) in [7, 11) is 0. The van der Waals surface area contributed by atoms with Crippen LogP contribution in [0.25, 0.3) is 0 Å². The van der Waals surface area contributed by atoms with Crippen molar-refractivity contribution in [1.82, 2.24) is 0 Å². The Bertz CT molecular complexity index is 107. The average molecular weight is 153 g/mol. The Morgan fingerprint density at radius 1 is 1.62 bits per heavy atom.